The zero-order valence-corrected chi connectivity index (χ0v) is 9.26. The zero-order valence-electron chi connectivity index (χ0n) is 9.26. The smallest absolute Gasteiger partial charge is 0.0198 e. The summed E-state index contributed by atoms with van der Waals surface area (Å²) in [6, 6.07) is 1.56. The Balaban J connectivity index is 1.85. The van der Waals surface area contributed by atoms with Crippen LogP contribution in [0.5, 0.6) is 0 Å². The van der Waals surface area contributed by atoms with Gasteiger partial charge in [0.25, 0.3) is 0 Å². The number of rotatable bonds is 3. The monoisotopic (exact) mass is 194 g/mol. The molecular weight excluding hydrogens is 172 g/mol. The molecule has 2 heteroatoms. The lowest BCUT2D eigenvalue weighted by molar-refractivity contribution is 0.277. The highest BCUT2D eigenvalue weighted by Gasteiger charge is 2.28. The lowest BCUT2D eigenvalue weighted by Crippen LogP contribution is -2.36. The van der Waals surface area contributed by atoms with E-state index < -0.39 is 0 Å². The first-order valence-corrected chi connectivity index (χ1v) is 5.93. The van der Waals surface area contributed by atoms with Gasteiger partial charge < -0.3 is 5.32 Å². The fourth-order valence-electron chi connectivity index (χ4n) is 2.59. The van der Waals surface area contributed by atoms with Gasteiger partial charge in [0.1, 0.15) is 0 Å². The molecule has 2 bridgehead atoms. The van der Waals surface area contributed by atoms with E-state index in [0.29, 0.717) is 0 Å². The fraction of sp³-hybridized carbons (Fsp3) is 0.833. The minimum absolute atomic E-state index is 0.757. The average Bonchev–Trinajstić information content (AvgIpc) is 2.50. The summed E-state index contributed by atoms with van der Waals surface area (Å²) in [6.07, 6.45) is 5.22. The molecular formula is C12H22N2. The molecule has 0 amide bonds. The van der Waals surface area contributed by atoms with E-state index in [1.807, 2.05) is 0 Å². The highest BCUT2D eigenvalue weighted by Crippen LogP contribution is 2.20. The minimum atomic E-state index is 0.757. The standard InChI is InChI=1S/C12H22N2/c1-3-10(2)8-14-7-6-11-4-5-12(9-14)13-11/h11-13H,2-9H2,1H3. The van der Waals surface area contributed by atoms with Crippen molar-refractivity contribution in [3.63, 3.8) is 0 Å². The van der Waals surface area contributed by atoms with Gasteiger partial charge in [-0.15, -0.1) is 0 Å². The second kappa shape index (κ2) is 4.45. The fourth-order valence-corrected chi connectivity index (χ4v) is 2.59. The lowest BCUT2D eigenvalue weighted by atomic mass is 10.1. The van der Waals surface area contributed by atoms with E-state index in [2.05, 4.69) is 23.7 Å². The van der Waals surface area contributed by atoms with Crippen LogP contribution in [0.1, 0.15) is 32.6 Å². The zero-order chi connectivity index (χ0) is 9.97. The Morgan fingerprint density at radius 2 is 2.14 bits per heavy atom. The number of nitrogens with zero attached hydrogens (tertiary/aromatic N) is 1. The molecule has 2 aliphatic heterocycles. The molecule has 2 heterocycles. The maximum absolute atomic E-state index is 4.10. The van der Waals surface area contributed by atoms with Gasteiger partial charge in [0, 0.05) is 31.7 Å². The molecule has 0 spiro atoms. The van der Waals surface area contributed by atoms with Gasteiger partial charge in [0.15, 0.2) is 0 Å². The summed E-state index contributed by atoms with van der Waals surface area (Å²) in [4.78, 5) is 2.57. The largest absolute Gasteiger partial charge is 0.310 e. The van der Waals surface area contributed by atoms with Crippen LogP contribution in [0.15, 0.2) is 12.2 Å². The quantitative estimate of drug-likeness (QED) is 0.689. The van der Waals surface area contributed by atoms with Crippen molar-refractivity contribution < 1.29 is 0 Å². The minimum Gasteiger partial charge on any atom is -0.310 e. The molecule has 14 heavy (non-hydrogen) atoms. The SMILES string of the molecule is C=C(CC)CN1CCC2CCC(C1)N2. The Labute approximate surface area is 87.4 Å². The summed E-state index contributed by atoms with van der Waals surface area (Å²) in [7, 11) is 0. The van der Waals surface area contributed by atoms with E-state index >= 15 is 0 Å². The van der Waals surface area contributed by atoms with Crippen LogP contribution >= 0.6 is 0 Å². The maximum Gasteiger partial charge on any atom is 0.0198 e. The molecule has 0 aliphatic carbocycles. The second-order valence-corrected chi connectivity index (χ2v) is 4.77. The highest BCUT2D eigenvalue weighted by molar-refractivity contribution is 4.98. The predicted molar refractivity (Wildman–Crippen MR) is 60.4 cm³/mol. The Morgan fingerprint density at radius 1 is 1.36 bits per heavy atom. The lowest BCUT2D eigenvalue weighted by Gasteiger charge is -2.24. The van der Waals surface area contributed by atoms with Crippen molar-refractivity contribution in [1.29, 1.82) is 0 Å². The normalized spacial score (nSPS) is 32.9. The molecule has 0 saturated carbocycles. The highest BCUT2D eigenvalue weighted by atomic mass is 15.2. The van der Waals surface area contributed by atoms with Crippen molar-refractivity contribution in [3.8, 4) is 0 Å². The summed E-state index contributed by atoms with van der Waals surface area (Å²) in [5.74, 6) is 0. The maximum atomic E-state index is 4.10. The molecule has 1 N–H and O–H groups in total. The van der Waals surface area contributed by atoms with Gasteiger partial charge in [-0.05, 0) is 25.7 Å². The molecule has 2 unspecified atom stereocenters. The molecule has 2 fully saturated rings. The van der Waals surface area contributed by atoms with Crippen molar-refractivity contribution in [1.82, 2.24) is 10.2 Å². The summed E-state index contributed by atoms with van der Waals surface area (Å²) >= 11 is 0. The summed E-state index contributed by atoms with van der Waals surface area (Å²) in [5.41, 5.74) is 1.38. The van der Waals surface area contributed by atoms with Crippen molar-refractivity contribution in [2.24, 2.45) is 0 Å². The summed E-state index contributed by atoms with van der Waals surface area (Å²) in [6.45, 7) is 9.90. The van der Waals surface area contributed by atoms with Gasteiger partial charge >= 0.3 is 0 Å². The van der Waals surface area contributed by atoms with Gasteiger partial charge in [-0.3, -0.25) is 4.90 Å². The summed E-state index contributed by atoms with van der Waals surface area (Å²) < 4.78 is 0. The van der Waals surface area contributed by atoms with Gasteiger partial charge in [-0.2, -0.15) is 0 Å². The van der Waals surface area contributed by atoms with Crippen LogP contribution in [0.3, 0.4) is 0 Å². The van der Waals surface area contributed by atoms with Crippen molar-refractivity contribution >= 4 is 0 Å². The van der Waals surface area contributed by atoms with Gasteiger partial charge in [0.2, 0.25) is 0 Å². The number of nitrogens with one attached hydrogen (secondary N) is 1. The third-order valence-electron chi connectivity index (χ3n) is 3.55. The number of hydrogen-bond acceptors (Lipinski definition) is 2. The van der Waals surface area contributed by atoms with Crippen LogP contribution < -0.4 is 5.32 Å². The molecule has 2 aliphatic rings. The van der Waals surface area contributed by atoms with Crippen molar-refractivity contribution in [3.05, 3.63) is 12.2 Å². The van der Waals surface area contributed by atoms with Crippen LogP contribution in [0.4, 0.5) is 0 Å². The Bertz CT molecular complexity index is 212. The Morgan fingerprint density at radius 3 is 2.93 bits per heavy atom. The molecule has 2 atom stereocenters. The van der Waals surface area contributed by atoms with Crippen LogP contribution in [-0.4, -0.2) is 36.6 Å². The molecule has 0 radical (unpaired) electrons. The third-order valence-corrected chi connectivity index (χ3v) is 3.55. The van der Waals surface area contributed by atoms with Crippen molar-refractivity contribution in [2.75, 3.05) is 19.6 Å². The first kappa shape index (κ1) is 10.2. The first-order chi connectivity index (χ1) is 6.78. The van der Waals surface area contributed by atoms with Crippen LogP contribution in [0, 0.1) is 0 Å². The first-order valence-electron chi connectivity index (χ1n) is 5.93. The van der Waals surface area contributed by atoms with Crippen molar-refractivity contribution in [2.45, 2.75) is 44.7 Å². The third kappa shape index (κ3) is 2.37. The predicted octanol–water partition coefficient (Wildman–Crippen LogP) is 1.78. The second-order valence-electron chi connectivity index (χ2n) is 4.77. The Hall–Kier alpha value is -0.340. The molecule has 2 nitrogen and oxygen atoms in total. The molecule has 2 saturated heterocycles. The van der Waals surface area contributed by atoms with Gasteiger partial charge in [-0.25, -0.2) is 0 Å². The summed E-state index contributed by atoms with van der Waals surface area (Å²) in [5, 5.41) is 3.70. The van der Waals surface area contributed by atoms with E-state index in [9.17, 15) is 0 Å². The molecule has 2 rings (SSSR count). The van der Waals surface area contributed by atoms with E-state index in [4.69, 9.17) is 0 Å². The van der Waals surface area contributed by atoms with Gasteiger partial charge in [0.05, 0.1) is 0 Å². The number of fused-ring (bicyclic) bond motifs is 2. The molecule has 0 aromatic heterocycles. The van der Waals surface area contributed by atoms with Gasteiger partial charge in [-0.1, -0.05) is 19.1 Å². The van der Waals surface area contributed by atoms with Crippen LogP contribution in [0.25, 0.3) is 0 Å². The van der Waals surface area contributed by atoms with Crippen LogP contribution in [-0.2, 0) is 0 Å². The van der Waals surface area contributed by atoms with Crippen LogP contribution in [0.2, 0.25) is 0 Å². The Kier molecular flexibility index (Phi) is 3.24. The number of likely N-dealkylation sites (tertiary alicyclic amines) is 1. The average molecular weight is 194 g/mol. The molecule has 80 valence electrons. The topological polar surface area (TPSA) is 15.3 Å². The van der Waals surface area contributed by atoms with E-state index in [-0.39, 0.29) is 0 Å². The van der Waals surface area contributed by atoms with E-state index in [1.54, 1.807) is 0 Å². The van der Waals surface area contributed by atoms with E-state index in [0.717, 1.165) is 25.0 Å². The molecule has 0 aromatic rings. The van der Waals surface area contributed by atoms with E-state index in [1.165, 1.54) is 37.9 Å². The number of hydrogen-bond donors (Lipinski definition) is 1. The molecule has 0 aromatic carbocycles.